The minimum absolute atomic E-state index is 0.113. The zero-order valence-electron chi connectivity index (χ0n) is 18.7. The lowest BCUT2D eigenvalue weighted by Crippen LogP contribution is -2.44. The summed E-state index contributed by atoms with van der Waals surface area (Å²) in [4.78, 5) is 19.4. The molecule has 7 heteroatoms. The Kier molecular flexibility index (Phi) is 6.95. The third kappa shape index (κ3) is 5.40. The van der Waals surface area contributed by atoms with Crippen LogP contribution >= 0.6 is 0 Å². The van der Waals surface area contributed by atoms with Crippen molar-refractivity contribution >= 4 is 5.91 Å². The van der Waals surface area contributed by atoms with Gasteiger partial charge in [-0.2, -0.15) is 5.10 Å². The molecule has 0 saturated carbocycles. The average Bonchev–Trinajstić information content (AvgIpc) is 3.14. The van der Waals surface area contributed by atoms with E-state index >= 15 is 0 Å². The molecule has 1 fully saturated rings. The van der Waals surface area contributed by atoms with Crippen LogP contribution in [0.3, 0.4) is 0 Å². The lowest BCUT2D eigenvalue weighted by molar-refractivity contribution is 0.0908. The molecule has 3 aromatic rings. The van der Waals surface area contributed by atoms with Crippen LogP contribution < -0.4 is 5.32 Å². The first-order chi connectivity index (χ1) is 15.5. The van der Waals surface area contributed by atoms with E-state index in [9.17, 15) is 9.18 Å². The number of nitrogens with one attached hydrogen (secondary N) is 1. The first-order valence-corrected chi connectivity index (χ1v) is 11.3. The fourth-order valence-corrected chi connectivity index (χ4v) is 4.15. The molecule has 4 rings (SSSR count). The van der Waals surface area contributed by atoms with E-state index in [2.05, 4.69) is 40.3 Å². The Labute approximate surface area is 188 Å². The fourth-order valence-electron chi connectivity index (χ4n) is 4.15. The van der Waals surface area contributed by atoms with Gasteiger partial charge in [0, 0.05) is 55.7 Å². The van der Waals surface area contributed by atoms with Crippen LogP contribution in [0.4, 0.5) is 4.39 Å². The molecule has 0 unspecified atom stereocenters. The predicted octanol–water partition coefficient (Wildman–Crippen LogP) is 4.20. The van der Waals surface area contributed by atoms with Gasteiger partial charge in [0.25, 0.3) is 5.91 Å². The first kappa shape index (κ1) is 22.1. The summed E-state index contributed by atoms with van der Waals surface area (Å²) in [5.74, 6) is -0.416. The van der Waals surface area contributed by atoms with Crippen molar-refractivity contribution < 1.29 is 9.18 Å². The van der Waals surface area contributed by atoms with Crippen molar-refractivity contribution in [3.8, 4) is 11.3 Å². The van der Waals surface area contributed by atoms with Crippen molar-refractivity contribution in [3.05, 3.63) is 71.4 Å². The maximum atomic E-state index is 13.4. The number of pyridine rings is 1. The summed E-state index contributed by atoms with van der Waals surface area (Å²) in [6.45, 7) is 7.97. The van der Waals surface area contributed by atoms with Crippen molar-refractivity contribution in [3.63, 3.8) is 0 Å². The second kappa shape index (κ2) is 10.0. The van der Waals surface area contributed by atoms with E-state index in [1.54, 1.807) is 30.5 Å². The van der Waals surface area contributed by atoms with Crippen LogP contribution in [0.25, 0.3) is 11.3 Å². The highest BCUT2D eigenvalue weighted by Crippen LogP contribution is 2.19. The molecule has 0 atom stereocenters. The highest BCUT2D eigenvalue weighted by molar-refractivity contribution is 5.94. The third-order valence-corrected chi connectivity index (χ3v) is 5.96. The Morgan fingerprint density at radius 2 is 2.03 bits per heavy atom. The van der Waals surface area contributed by atoms with Crippen molar-refractivity contribution in [2.45, 2.75) is 52.2 Å². The number of piperidine rings is 1. The SMILES string of the molecule is CCCn1cc(CN2CCC(NC(=O)c3ccc(-c4cccc(F)c4)nc3)CC2)c(C)n1. The Morgan fingerprint density at radius 3 is 2.72 bits per heavy atom. The molecule has 0 spiro atoms. The average molecular weight is 436 g/mol. The molecule has 1 aliphatic heterocycles. The van der Waals surface area contributed by atoms with Crippen molar-refractivity contribution in [1.82, 2.24) is 25.0 Å². The van der Waals surface area contributed by atoms with Crippen LogP contribution in [0, 0.1) is 12.7 Å². The van der Waals surface area contributed by atoms with Gasteiger partial charge in [0.2, 0.25) is 0 Å². The maximum Gasteiger partial charge on any atom is 0.253 e. The number of carbonyl (C=O) groups excluding carboxylic acids is 1. The molecule has 1 aliphatic rings. The monoisotopic (exact) mass is 435 g/mol. The molecule has 1 N–H and O–H groups in total. The summed E-state index contributed by atoms with van der Waals surface area (Å²) in [5.41, 5.74) is 4.24. The molecule has 0 radical (unpaired) electrons. The molecule has 32 heavy (non-hydrogen) atoms. The lowest BCUT2D eigenvalue weighted by Gasteiger charge is -2.32. The van der Waals surface area contributed by atoms with Gasteiger partial charge in [-0.3, -0.25) is 19.4 Å². The topological polar surface area (TPSA) is 63.0 Å². The van der Waals surface area contributed by atoms with Gasteiger partial charge in [-0.25, -0.2) is 4.39 Å². The number of carbonyl (C=O) groups is 1. The molecule has 1 aromatic carbocycles. The van der Waals surface area contributed by atoms with Gasteiger partial charge >= 0.3 is 0 Å². The van der Waals surface area contributed by atoms with Crippen LogP contribution in [0.1, 0.15) is 47.8 Å². The van der Waals surface area contributed by atoms with E-state index in [0.29, 0.717) is 16.8 Å². The molecule has 2 aromatic heterocycles. The van der Waals surface area contributed by atoms with Gasteiger partial charge in [-0.15, -0.1) is 0 Å². The van der Waals surface area contributed by atoms with E-state index in [4.69, 9.17) is 0 Å². The summed E-state index contributed by atoms with van der Waals surface area (Å²) >= 11 is 0. The number of halogens is 1. The molecule has 1 amide bonds. The largest absolute Gasteiger partial charge is 0.349 e. The first-order valence-electron chi connectivity index (χ1n) is 11.3. The summed E-state index contributed by atoms with van der Waals surface area (Å²) in [6.07, 6.45) is 6.63. The summed E-state index contributed by atoms with van der Waals surface area (Å²) < 4.78 is 15.5. The zero-order chi connectivity index (χ0) is 22.5. The number of amides is 1. The van der Waals surface area contributed by atoms with Gasteiger partial charge < -0.3 is 5.32 Å². The van der Waals surface area contributed by atoms with Crippen molar-refractivity contribution in [2.75, 3.05) is 13.1 Å². The van der Waals surface area contributed by atoms with Gasteiger partial charge in [0.15, 0.2) is 0 Å². The van der Waals surface area contributed by atoms with Gasteiger partial charge in [0.1, 0.15) is 5.82 Å². The number of hydrogen-bond acceptors (Lipinski definition) is 4. The quantitative estimate of drug-likeness (QED) is 0.604. The van der Waals surface area contributed by atoms with E-state index in [0.717, 1.165) is 51.1 Å². The Morgan fingerprint density at radius 1 is 1.22 bits per heavy atom. The number of benzene rings is 1. The number of aromatic nitrogens is 3. The molecule has 168 valence electrons. The zero-order valence-corrected chi connectivity index (χ0v) is 18.7. The second-order valence-corrected chi connectivity index (χ2v) is 8.47. The minimum Gasteiger partial charge on any atom is -0.349 e. The van der Waals surface area contributed by atoms with Crippen LogP contribution in [-0.4, -0.2) is 44.7 Å². The summed E-state index contributed by atoms with van der Waals surface area (Å²) in [7, 11) is 0. The van der Waals surface area contributed by atoms with Gasteiger partial charge in [-0.05, 0) is 50.5 Å². The normalized spacial score (nSPS) is 15.1. The van der Waals surface area contributed by atoms with Crippen LogP contribution in [0.5, 0.6) is 0 Å². The Bertz CT molecular complexity index is 1050. The van der Waals surface area contributed by atoms with Gasteiger partial charge in [0.05, 0.1) is 17.0 Å². The van der Waals surface area contributed by atoms with Crippen LogP contribution in [0.15, 0.2) is 48.8 Å². The Balaban J connectivity index is 1.28. The highest BCUT2D eigenvalue weighted by Gasteiger charge is 2.22. The summed E-state index contributed by atoms with van der Waals surface area (Å²) in [5, 5.41) is 7.73. The molecular weight excluding hydrogens is 405 g/mol. The summed E-state index contributed by atoms with van der Waals surface area (Å²) in [6, 6.07) is 9.95. The smallest absolute Gasteiger partial charge is 0.253 e. The van der Waals surface area contributed by atoms with E-state index in [-0.39, 0.29) is 17.8 Å². The molecule has 6 nitrogen and oxygen atoms in total. The fraction of sp³-hybridized carbons (Fsp3) is 0.400. The van der Waals surface area contributed by atoms with Crippen LogP contribution in [-0.2, 0) is 13.1 Å². The number of rotatable bonds is 7. The van der Waals surface area contributed by atoms with E-state index < -0.39 is 0 Å². The lowest BCUT2D eigenvalue weighted by atomic mass is 10.0. The Hall–Kier alpha value is -3.06. The van der Waals surface area contributed by atoms with E-state index in [1.807, 2.05) is 4.68 Å². The molecule has 1 saturated heterocycles. The minimum atomic E-state index is -0.303. The maximum absolute atomic E-state index is 13.4. The standard InChI is InChI=1S/C25H30FN5O/c1-3-11-31-17-21(18(2)29-31)16-30-12-9-23(10-13-30)28-25(32)20-7-8-24(27-15-20)19-5-4-6-22(26)14-19/h4-8,14-15,17,23H,3,9-13,16H2,1-2H3,(H,28,32). The molecule has 0 bridgehead atoms. The third-order valence-electron chi connectivity index (χ3n) is 5.96. The number of likely N-dealkylation sites (tertiary alicyclic amines) is 1. The number of nitrogens with zero attached hydrogens (tertiary/aromatic N) is 4. The van der Waals surface area contributed by atoms with E-state index in [1.165, 1.54) is 17.7 Å². The van der Waals surface area contributed by atoms with Crippen molar-refractivity contribution in [1.29, 1.82) is 0 Å². The number of aryl methyl sites for hydroxylation is 2. The number of hydrogen-bond donors (Lipinski definition) is 1. The molecule has 3 heterocycles. The second-order valence-electron chi connectivity index (χ2n) is 8.47. The predicted molar refractivity (Wildman–Crippen MR) is 123 cm³/mol. The molecule has 0 aliphatic carbocycles. The highest BCUT2D eigenvalue weighted by atomic mass is 19.1. The van der Waals surface area contributed by atoms with Crippen molar-refractivity contribution in [2.24, 2.45) is 0 Å². The molecular formula is C25H30FN5O. The van der Waals surface area contributed by atoms with Gasteiger partial charge in [-0.1, -0.05) is 19.1 Å². The van der Waals surface area contributed by atoms with Crippen LogP contribution in [0.2, 0.25) is 0 Å².